The molecule has 1 aliphatic heterocycles. The van der Waals surface area contributed by atoms with Gasteiger partial charge < -0.3 is 10.6 Å². The molecule has 2 N–H and O–H groups in total. The van der Waals surface area contributed by atoms with E-state index >= 15 is 0 Å². The second-order valence-electron chi connectivity index (χ2n) is 10.5. The highest BCUT2D eigenvalue weighted by Crippen LogP contribution is 2.45. The van der Waals surface area contributed by atoms with Crippen molar-refractivity contribution in [2.75, 3.05) is 31.9 Å². The number of aromatic nitrogens is 2. The summed E-state index contributed by atoms with van der Waals surface area (Å²) in [5, 5.41) is 0. The van der Waals surface area contributed by atoms with Crippen LogP contribution in [0.2, 0.25) is 0 Å². The van der Waals surface area contributed by atoms with Crippen molar-refractivity contribution in [3.05, 3.63) is 82.5 Å². The van der Waals surface area contributed by atoms with E-state index in [0.717, 1.165) is 50.1 Å². The number of rotatable bonds is 4. The number of carbonyl (C=O) groups excluding carboxylic acids is 1. The molecule has 190 valence electrons. The fourth-order valence-corrected chi connectivity index (χ4v) is 6.00. The lowest BCUT2D eigenvalue weighted by Gasteiger charge is -2.39. The second-order valence-corrected chi connectivity index (χ2v) is 10.5. The van der Waals surface area contributed by atoms with E-state index in [2.05, 4.69) is 51.8 Å². The van der Waals surface area contributed by atoms with E-state index in [1.807, 2.05) is 12.1 Å². The molecular weight excluding hydrogens is 465 g/mol. The number of hydrogen-bond acceptors (Lipinski definition) is 6. The highest BCUT2D eigenvalue weighted by Gasteiger charge is 2.36. The summed E-state index contributed by atoms with van der Waals surface area (Å²) in [7, 11) is 0. The van der Waals surface area contributed by atoms with Crippen LogP contribution in [0.15, 0.2) is 60.1 Å². The molecule has 4 aliphatic rings. The van der Waals surface area contributed by atoms with Crippen LogP contribution in [0.5, 0.6) is 0 Å². The summed E-state index contributed by atoms with van der Waals surface area (Å²) in [6.45, 7) is 8.83. The third-order valence-corrected chi connectivity index (χ3v) is 8.06. The molecular formula is C30H32FN5O. The van der Waals surface area contributed by atoms with E-state index in [1.165, 1.54) is 23.4 Å². The predicted octanol–water partition coefficient (Wildman–Crippen LogP) is 5.25. The minimum atomic E-state index is -0.273. The van der Waals surface area contributed by atoms with Crippen LogP contribution in [0.4, 0.5) is 10.3 Å². The smallest absolute Gasteiger partial charge is 0.220 e. The highest BCUT2D eigenvalue weighted by molar-refractivity contribution is 6.23. The average molecular weight is 498 g/mol. The minimum Gasteiger partial charge on any atom is -0.372 e. The Labute approximate surface area is 217 Å². The van der Waals surface area contributed by atoms with Gasteiger partial charge in [0.05, 0.1) is 17.0 Å². The summed E-state index contributed by atoms with van der Waals surface area (Å²) in [5.74, 6) is -0.435. The number of halogens is 1. The lowest BCUT2D eigenvalue weighted by molar-refractivity contribution is 0.104. The quantitative estimate of drug-likeness (QED) is 0.530. The summed E-state index contributed by atoms with van der Waals surface area (Å²) < 4.78 is 13.6. The molecule has 7 heteroatoms. The normalized spacial score (nSPS) is 21.5. The fraction of sp³-hybridized carbons (Fsp3) is 0.367. The molecule has 0 spiro atoms. The van der Waals surface area contributed by atoms with Gasteiger partial charge in [0.25, 0.3) is 0 Å². The summed E-state index contributed by atoms with van der Waals surface area (Å²) in [6.07, 6.45) is 11.5. The molecule has 37 heavy (non-hydrogen) atoms. The van der Waals surface area contributed by atoms with Crippen molar-refractivity contribution in [1.29, 1.82) is 0 Å². The highest BCUT2D eigenvalue weighted by atomic mass is 19.1. The minimum absolute atomic E-state index is 0.0825. The molecule has 1 saturated heterocycles. The zero-order chi connectivity index (χ0) is 25.7. The number of piperazine rings is 1. The molecule has 2 aromatic rings. The van der Waals surface area contributed by atoms with Crippen LogP contribution in [-0.4, -0.2) is 57.8 Å². The molecule has 1 atom stereocenters. The number of allylic oxidation sites excluding steroid dienone is 8. The van der Waals surface area contributed by atoms with Crippen LogP contribution < -0.4 is 5.73 Å². The van der Waals surface area contributed by atoms with Gasteiger partial charge in [0.1, 0.15) is 5.83 Å². The lowest BCUT2D eigenvalue weighted by Crippen LogP contribution is -2.48. The summed E-state index contributed by atoms with van der Waals surface area (Å²) >= 11 is 0. The lowest BCUT2D eigenvalue weighted by atomic mass is 9.90. The second kappa shape index (κ2) is 9.38. The van der Waals surface area contributed by atoms with E-state index in [1.54, 1.807) is 6.08 Å². The standard InChI is InChI=1S/C30H32FN5O/c1-18(2)35-14-16-36(17-15-35)22-12-8-19(9-13-22)23-4-3-5-24-25(23)28-26(29(24)37)27(33-30(32)34-28)20-6-10-21(31)11-7-20/h3-6,8,10-12,18,20H,7,9,13-17H2,1-2H3,(H2,32,33,34). The van der Waals surface area contributed by atoms with Crippen LogP contribution in [0.1, 0.15) is 66.2 Å². The van der Waals surface area contributed by atoms with Crippen LogP contribution >= 0.6 is 0 Å². The van der Waals surface area contributed by atoms with Crippen LogP contribution in [-0.2, 0) is 0 Å². The molecule has 1 unspecified atom stereocenters. The van der Waals surface area contributed by atoms with Crippen molar-refractivity contribution in [2.45, 2.75) is 45.1 Å². The Hall–Kier alpha value is -3.58. The maximum atomic E-state index is 13.6. The molecule has 0 saturated carbocycles. The van der Waals surface area contributed by atoms with E-state index in [9.17, 15) is 9.18 Å². The molecule has 2 heterocycles. The van der Waals surface area contributed by atoms with Crippen LogP contribution in [0, 0.1) is 0 Å². The van der Waals surface area contributed by atoms with Gasteiger partial charge in [0, 0.05) is 55.0 Å². The zero-order valence-electron chi connectivity index (χ0n) is 21.4. The maximum absolute atomic E-state index is 13.6. The van der Waals surface area contributed by atoms with Gasteiger partial charge in [-0.3, -0.25) is 9.69 Å². The van der Waals surface area contributed by atoms with Crippen LogP contribution in [0.25, 0.3) is 16.8 Å². The van der Waals surface area contributed by atoms with Crippen molar-refractivity contribution in [3.63, 3.8) is 0 Å². The Kier molecular flexibility index (Phi) is 6.03. The molecule has 1 fully saturated rings. The SMILES string of the molecule is CC(C)N1CCN(C2=CC=C(c3cccc4c3-c3nc(N)nc(C5C=CC(F)=CC5)c3C4=O)CC2)CC1. The first-order chi connectivity index (χ1) is 17.9. The van der Waals surface area contributed by atoms with Crippen LogP contribution in [0.3, 0.4) is 0 Å². The third-order valence-electron chi connectivity index (χ3n) is 8.06. The monoisotopic (exact) mass is 497 g/mol. The number of fused-ring (bicyclic) bond motifs is 3. The largest absolute Gasteiger partial charge is 0.372 e. The first-order valence-corrected chi connectivity index (χ1v) is 13.2. The zero-order valence-corrected chi connectivity index (χ0v) is 21.4. The molecule has 6 rings (SSSR count). The Morgan fingerprint density at radius 1 is 1.03 bits per heavy atom. The fourth-order valence-electron chi connectivity index (χ4n) is 6.00. The van der Waals surface area contributed by atoms with Gasteiger partial charge in [0.2, 0.25) is 5.95 Å². The number of nitrogens with two attached hydrogens (primary N) is 1. The summed E-state index contributed by atoms with van der Waals surface area (Å²) in [5.41, 5.74) is 12.9. The maximum Gasteiger partial charge on any atom is 0.220 e. The number of ketones is 1. The van der Waals surface area contributed by atoms with E-state index in [0.29, 0.717) is 35.0 Å². The number of carbonyl (C=O) groups is 1. The van der Waals surface area contributed by atoms with Crippen molar-refractivity contribution in [2.24, 2.45) is 0 Å². The van der Waals surface area contributed by atoms with Gasteiger partial charge in [-0.25, -0.2) is 14.4 Å². The number of hydrogen-bond donors (Lipinski definition) is 1. The number of nitrogens with zero attached hydrogens (tertiary/aromatic N) is 4. The Morgan fingerprint density at radius 3 is 2.49 bits per heavy atom. The topological polar surface area (TPSA) is 75.3 Å². The Bertz CT molecular complexity index is 1390. The van der Waals surface area contributed by atoms with Crippen molar-refractivity contribution >= 4 is 17.3 Å². The van der Waals surface area contributed by atoms with Gasteiger partial charge in [-0.05, 0) is 62.5 Å². The van der Waals surface area contributed by atoms with Crippen molar-refractivity contribution in [1.82, 2.24) is 19.8 Å². The molecule has 0 amide bonds. The molecule has 3 aliphatic carbocycles. The molecule has 1 aromatic heterocycles. The third kappa shape index (κ3) is 4.21. The van der Waals surface area contributed by atoms with Gasteiger partial charge >= 0.3 is 0 Å². The Balaban J connectivity index is 1.34. The number of benzene rings is 1. The average Bonchev–Trinajstić information content (AvgIpc) is 3.20. The number of anilines is 1. The summed E-state index contributed by atoms with van der Waals surface area (Å²) in [4.78, 5) is 27.7. The molecule has 0 radical (unpaired) electrons. The van der Waals surface area contributed by atoms with Gasteiger partial charge in [-0.2, -0.15) is 0 Å². The van der Waals surface area contributed by atoms with Gasteiger partial charge in [0.15, 0.2) is 5.78 Å². The first kappa shape index (κ1) is 23.8. The van der Waals surface area contributed by atoms with E-state index in [4.69, 9.17) is 5.73 Å². The molecule has 6 nitrogen and oxygen atoms in total. The molecule has 1 aromatic carbocycles. The predicted molar refractivity (Wildman–Crippen MR) is 145 cm³/mol. The number of nitrogen functional groups attached to an aromatic ring is 1. The molecule has 0 bridgehead atoms. The van der Waals surface area contributed by atoms with E-state index < -0.39 is 0 Å². The van der Waals surface area contributed by atoms with E-state index in [-0.39, 0.29) is 23.5 Å². The van der Waals surface area contributed by atoms with Crippen molar-refractivity contribution in [3.8, 4) is 11.3 Å². The first-order valence-electron chi connectivity index (χ1n) is 13.2. The van der Waals surface area contributed by atoms with Gasteiger partial charge in [-0.15, -0.1) is 0 Å². The summed E-state index contributed by atoms with van der Waals surface area (Å²) in [6, 6.07) is 6.46. The van der Waals surface area contributed by atoms with Crippen molar-refractivity contribution < 1.29 is 9.18 Å². The van der Waals surface area contributed by atoms with Gasteiger partial charge in [-0.1, -0.05) is 30.4 Å². The Morgan fingerprint density at radius 2 is 1.81 bits per heavy atom.